The first-order valence-corrected chi connectivity index (χ1v) is 9.98. The highest BCUT2D eigenvalue weighted by atomic mass is 35.5. The molecule has 0 heterocycles. The van der Waals surface area contributed by atoms with Gasteiger partial charge in [-0.2, -0.15) is 5.26 Å². The second kappa shape index (κ2) is 10.4. The molecule has 8 heteroatoms. The first kappa shape index (κ1) is 23.4. The molecule has 3 aromatic carbocycles. The molecule has 0 aliphatic rings. The molecular weight excluding hydrogens is 446 g/mol. The Balaban J connectivity index is 1.87. The third-order valence-electron chi connectivity index (χ3n) is 4.68. The maximum absolute atomic E-state index is 11.1. The Bertz CT molecular complexity index is 1280. The topological polar surface area (TPSA) is 117 Å². The lowest BCUT2D eigenvalue weighted by Gasteiger charge is -2.14. The monoisotopic (exact) mass is 463 g/mol. The molecule has 0 radical (unpaired) electrons. The molecule has 166 valence electrons. The van der Waals surface area contributed by atoms with Gasteiger partial charge in [-0.1, -0.05) is 35.9 Å². The highest BCUT2D eigenvalue weighted by Crippen LogP contribution is 2.38. The van der Waals surface area contributed by atoms with Crippen molar-refractivity contribution >= 4 is 35.2 Å². The molecule has 3 aromatic rings. The van der Waals surface area contributed by atoms with Crippen molar-refractivity contribution in [2.75, 3.05) is 7.11 Å². The fraction of sp³-hybridized carbons (Fsp3) is 0.0800. The lowest BCUT2D eigenvalue weighted by molar-refractivity contribution is 0.0686. The van der Waals surface area contributed by atoms with Crippen molar-refractivity contribution in [2.45, 2.75) is 6.61 Å². The molecule has 0 unspecified atom stereocenters. The number of carboxylic acids is 2. The number of rotatable bonds is 8. The van der Waals surface area contributed by atoms with Gasteiger partial charge in [0.1, 0.15) is 6.61 Å². The molecule has 2 N–H and O–H groups in total. The van der Waals surface area contributed by atoms with Crippen LogP contribution in [0.5, 0.6) is 11.5 Å². The van der Waals surface area contributed by atoms with E-state index >= 15 is 0 Å². The van der Waals surface area contributed by atoms with E-state index < -0.39 is 11.9 Å². The minimum Gasteiger partial charge on any atom is -0.493 e. The minimum atomic E-state index is -1.05. The number of hydrogen-bond acceptors (Lipinski definition) is 5. The van der Waals surface area contributed by atoms with Gasteiger partial charge in [0.25, 0.3) is 0 Å². The van der Waals surface area contributed by atoms with Crippen LogP contribution < -0.4 is 9.47 Å². The van der Waals surface area contributed by atoms with E-state index in [0.29, 0.717) is 28.0 Å². The van der Waals surface area contributed by atoms with Crippen molar-refractivity contribution in [1.82, 2.24) is 0 Å². The summed E-state index contributed by atoms with van der Waals surface area (Å²) in [6.07, 6.45) is 1.60. The second-order valence-electron chi connectivity index (χ2n) is 6.88. The van der Waals surface area contributed by atoms with Crippen LogP contribution in [0.15, 0.2) is 60.7 Å². The summed E-state index contributed by atoms with van der Waals surface area (Å²) in [4.78, 5) is 22.2. The molecule has 33 heavy (non-hydrogen) atoms. The van der Waals surface area contributed by atoms with Crippen molar-refractivity contribution in [3.63, 3.8) is 0 Å². The molecule has 0 atom stereocenters. The Morgan fingerprint density at radius 2 is 1.67 bits per heavy atom. The Morgan fingerprint density at radius 1 is 1.00 bits per heavy atom. The number of nitrogens with zero attached hydrogens (tertiary/aromatic N) is 1. The first-order valence-electron chi connectivity index (χ1n) is 9.60. The molecule has 0 spiro atoms. The fourth-order valence-corrected chi connectivity index (χ4v) is 3.33. The van der Waals surface area contributed by atoms with E-state index in [2.05, 4.69) is 6.07 Å². The molecule has 0 fully saturated rings. The van der Waals surface area contributed by atoms with Gasteiger partial charge in [-0.25, -0.2) is 9.59 Å². The van der Waals surface area contributed by atoms with E-state index in [0.717, 1.165) is 0 Å². The summed E-state index contributed by atoms with van der Waals surface area (Å²) in [6, 6.07) is 17.7. The van der Waals surface area contributed by atoms with Crippen LogP contribution in [0.1, 0.15) is 37.4 Å². The van der Waals surface area contributed by atoms with Gasteiger partial charge in [0, 0.05) is 0 Å². The number of methoxy groups -OCH3 is 1. The maximum Gasteiger partial charge on any atom is 0.335 e. The van der Waals surface area contributed by atoms with Gasteiger partial charge in [0.15, 0.2) is 11.5 Å². The van der Waals surface area contributed by atoms with Crippen LogP contribution in [0.2, 0.25) is 5.02 Å². The summed E-state index contributed by atoms with van der Waals surface area (Å²) >= 11 is 6.41. The third kappa shape index (κ3) is 5.70. The minimum absolute atomic E-state index is 0.0752. The van der Waals surface area contributed by atoms with Crippen LogP contribution in [0.25, 0.3) is 11.6 Å². The number of allylic oxidation sites excluding steroid dienone is 1. The lowest BCUT2D eigenvalue weighted by atomic mass is 10.0. The van der Waals surface area contributed by atoms with E-state index in [-0.39, 0.29) is 28.5 Å². The van der Waals surface area contributed by atoms with Crippen LogP contribution in [0.3, 0.4) is 0 Å². The predicted molar refractivity (Wildman–Crippen MR) is 123 cm³/mol. The summed E-state index contributed by atoms with van der Waals surface area (Å²) in [7, 11) is 1.45. The number of aromatic carboxylic acids is 2. The van der Waals surface area contributed by atoms with Crippen molar-refractivity contribution in [2.24, 2.45) is 0 Å². The van der Waals surface area contributed by atoms with Gasteiger partial charge in [-0.05, 0) is 59.2 Å². The molecular formula is C25H18ClNO6. The van der Waals surface area contributed by atoms with Crippen LogP contribution in [-0.4, -0.2) is 29.3 Å². The zero-order valence-corrected chi connectivity index (χ0v) is 18.2. The number of carbonyl (C=O) groups is 2. The van der Waals surface area contributed by atoms with Crippen molar-refractivity contribution < 1.29 is 29.3 Å². The Labute approximate surface area is 194 Å². The average molecular weight is 464 g/mol. The SMILES string of the molecule is COc1cc(/C=C(/C#N)c2ccc(C(=O)O)cc2)cc(Cl)c1OCc1cccc(C(=O)O)c1. The number of ether oxygens (including phenoxy) is 2. The van der Waals surface area contributed by atoms with Crippen molar-refractivity contribution in [1.29, 1.82) is 5.26 Å². The number of halogens is 1. The standard InChI is InChI=1S/C25H18ClNO6/c1-32-22-12-16(10-20(13-27)17-5-7-18(8-6-17)24(28)29)11-21(26)23(22)33-14-15-3-2-4-19(9-15)25(30)31/h2-12H,14H2,1H3,(H,28,29)(H,30,31)/b20-10-. The third-order valence-corrected chi connectivity index (χ3v) is 4.96. The van der Waals surface area contributed by atoms with Crippen LogP contribution in [-0.2, 0) is 6.61 Å². The Kier molecular flexibility index (Phi) is 7.34. The molecule has 0 aliphatic carbocycles. The highest BCUT2D eigenvalue weighted by molar-refractivity contribution is 6.32. The van der Waals surface area contributed by atoms with Gasteiger partial charge < -0.3 is 19.7 Å². The molecule has 0 saturated heterocycles. The van der Waals surface area contributed by atoms with Gasteiger partial charge in [0.05, 0.1) is 34.9 Å². The van der Waals surface area contributed by atoms with Gasteiger partial charge >= 0.3 is 11.9 Å². The van der Waals surface area contributed by atoms with E-state index in [1.165, 1.54) is 31.4 Å². The zero-order valence-electron chi connectivity index (χ0n) is 17.4. The summed E-state index contributed by atoms with van der Waals surface area (Å²) in [5.74, 6) is -1.47. The largest absolute Gasteiger partial charge is 0.493 e. The molecule has 0 bridgehead atoms. The molecule has 7 nitrogen and oxygen atoms in total. The van der Waals surface area contributed by atoms with Crippen LogP contribution in [0, 0.1) is 11.3 Å². The Morgan fingerprint density at radius 3 is 2.27 bits per heavy atom. The van der Waals surface area contributed by atoms with Crippen LogP contribution >= 0.6 is 11.6 Å². The maximum atomic E-state index is 11.1. The predicted octanol–water partition coefficient (Wildman–Crippen LogP) is 5.39. The van der Waals surface area contributed by atoms with Crippen LogP contribution in [0.4, 0.5) is 0 Å². The molecule has 3 rings (SSSR count). The fourth-order valence-electron chi connectivity index (χ4n) is 3.05. The average Bonchev–Trinajstić information content (AvgIpc) is 2.81. The summed E-state index contributed by atoms with van der Waals surface area (Å²) in [5.41, 5.74) is 2.36. The number of benzene rings is 3. The van der Waals surface area contributed by atoms with Crippen molar-refractivity contribution in [3.8, 4) is 17.6 Å². The normalized spacial score (nSPS) is 10.9. The second-order valence-corrected chi connectivity index (χ2v) is 7.29. The highest BCUT2D eigenvalue weighted by Gasteiger charge is 2.14. The van der Waals surface area contributed by atoms with E-state index in [4.69, 9.17) is 31.3 Å². The number of carboxylic acid groups (broad SMARTS) is 2. The lowest BCUT2D eigenvalue weighted by Crippen LogP contribution is -2.02. The van der Waals surface area contributed by atoms with Gasteiger partial charge in [0.2, 0.25) is 0 Å². The number of nitriles is 1. The van der Waals surface area contributed by atoms with Crippen molar-refractivity contribution in [3.05, 3.63) is 93.5 Å². The van der Waals surface area contributed by atoms with E-state index in [1.807, 2.05) is 0 Å². The van der Waals surface area contributed by atoms with Gasteiger partial charge in [-0.15, -0.1) is 0 Å². The Hall–Kier alpha value is -4.28. The molecule has 0 aliphatic heterocycles. The summed E-state index contributed by atoms with van der Waals surface area (Å²) in [6.45, 7) is 0.0752. The molecule has 0 amide bonds. The smallest absolute Gasteiger partial charge is 0.335 e. The molecule has 0 saturated carbocycles. The van der Waals surface area contributed by atoms with E-state index in [9.17, 15) is 14.9 Å². The van der Waals surface area contributed by atoms with Gasteiger partial charge in [-0.3, -0.25) is 0 Å². The first-order chi connectivity index (χ1) is 15.8. The summed E-state index contributed by atoms with van der Waals surface area (Å²) < 4.78 is 11.2. The quantitative estimate of drug-likeness (QED) is 0.340. The number of hydrogen-bond donors (Lipinski definition) is 2. The summed E-state index contributed by atoms with van der Waals surface area (Å²) in [5, 5.41) is 28.0. The van der Waals surface area contributed by atoms with E-state index in [1.54, 1.807) is 42.5 Å². The zero-order chi connectivity index (χ0) is 24.0. The molecule has 0 aromatic heterocycles.